The van der Waals surface area contributed by atoms with Crippen molar-refractivity contribution in [1.29, 1.82) is 0 Å². The lowest BCUT2D eigenvalue weighted by Crippen LogP contribution is -2.63. The number of halogens is 5. The molecule has 4 atom stereocenters. The van der Waals surface area contributed by atoms with Gasteiger partial charge in [-0.1, -0.05) is 6.08 Å². The van der Waals surface area contributed by atoms with Gasteiger partial charge in [0.25, 0.3) is 5.91 Å². The Morgan fingerprint density at radius 3 is 2.50 bits per heavy atom. The second kappa shape index (κ2) is 11.2. The molecule has 2 aliphatic carbocycles. The van der Waals surface area contributed by atoms with E-state index < -0.39 is 41.1 Å². The molecule has 1 aromatic rings. The van der Waals surface area contributed by atoms with E-state index in [0.717, 1.165) is 25.0 Å². The number of carboxylic acid groups (broad SMARTS) is 1. The Morgan fingerprint density at radius 2 is 1.90 bits per heavy atom. The van der Waals surface area contributed by atoms with E-state index in [1.165, 1.54) is 12.2 Å². The lowest BCUT2D eigenvalue weighted by atomic mass is 9.85. The molecule has 2 unspecified atom stereocenters. The van der Waals surface area contributed by atoms with E-state index >= 15 is 0 Å². The summed E-state index contributed by atoms with van der Waals surface area (Å²) < 4.78 is 72.6. The molecule has 3 fully saturated rings. The molecule has 0 spiro atoms. The smallest absolute Gasteiger partial charge is 0.416 e. The zero-order valence-corrected chi connectivity index (χ0v) is 21.8. The number of hydrogen-bond donors (Lipinski definition) is 2. The fourth-order valence-corrected chi connectivity index (χ4v) is 6.15. The number of nitrogens with one attached hydrogen (secondary N) is 1. The number of benzene rings is 1. The standard InChI is InChI=1S/C28H32F5N3O4/c29-20-3-5-22(6-4-20)36-10-9-35(15-24(36)25(37)38)23-7-8-27(40-16-23,18-1-2-18)26(39)34-14-17-11-19(28(31,32)33)13-21(30)12-17/h3-5,11-13,18,22-24H,1-2,6-10,14-16H2,(H,34,39)(H,37,38)/t22?,23-,24?,27+/m1/s1. The number of carboxylic acids is 1. The van der Waals surface area contributed by atoms with Gasteiger partial charge >= 0.3 is 12.1 Å². The van der Waals surface area contributed by atoms with Crippen molar-refractivity contribution in [2.75, 3.05) is 26.2 Å². The Morgan fingerprint density at radius 1 is 1.12 bits per heavy atom. The summed E-state index contributed by atoms with van der Waals surface area (Å²) in [6.07, 6.45) is 2.78. The summed E-state index contributed by atoms with van der Waals surface area (Å²) in [7, 11) is 0. The first-order valence-corrected chi connectivity index (χ1v) is 13.5. The molecule has 2 saturated heterocycles. The molecule has 4 aliphatic rings. The third-order valence-corrected chi connectivity index (χ3v) is 8.45. The summed E-state index contributed by atoms with van der Waals surface area (Å²) in [4.78, 5) is 29.4. The second-order valence-electron chi connectivity index (χ2n) is 11.0. The predicted octanol–water partition coefficient (Wildman–Crippen LogP) is 4.04. The highest BCUT2D eigenvalue weighted by atomic mass is 19.4. The highest BCUT2D eigenvalue weighted by Crippen LogP contribution is 2.47. The normalized spacial score (nSPS) is 30.1. The molecule has 2 heterocycles. The first-order valence-electron chi connectivity index (χ1n) is 13.5. The number of amides is 1. The van der Waals surface area contributed by atoms with Crippen molar-refractivity contribution >= 4 is 11.9 Å². The molecule has 7 nitrogen and oxygen atoms in total. The number of piperazine rings is 1. The molecular formula is C28H32F5N3O4. The van der Waals surface area contributed by atoms with Gasteiger partial charge in [0.2, 0.25) is 0 Å². The number of rotatable bonds is 7. The Labute approximate surface area is 228 Å². The number of carbonyl (C=O) groups is 2. The SMILES string of the molecule is O=C(O)C1CN([C@@H]2CC[C@@](C(=O)NCc3cc(F)cc(C(F)(F)F)c3)(C3CC3)OC2)CCN1C1C=CC(F)=CC1. The molecule has 1 aromatic carbocycles. The van der Waals surface area contributed by atoms with Crippen molar-refractivity contribution < 1.29 is 41.4 Å². The summed E-state index contributed by atoms with van der Waals surface area (Å²) in [5, 5.41) is 12.6. The molecule has 2 N–H and O–H groups in total. The average Bonchev–Trinajstić information content (AvgIpc) is 3.77. The zero-order valence-electron chi connectivity index (χ0n) is 21.8. The molecule has 12 heteroatoms. The average molecular weight is 570 g/mol. The highest BCUT2D eigenvalue weighted by molar-refractivity contribution is 5.86. The van der Waals surface area contributed by atoms with Gasteiger partial charge in [-0.05, 0) is 73.9 Å². The Bertz CT molecular complexity index is 1190. The molecule has 0 radical (unpaired) electrons. The van der Waals surface area contributed by atoms with Gasteiger partial charge in [0, 0.05) is 38.3 Å². The monoisotopic (exact) mass is 569 g/mol. The molecule has 5 rings (SSSR count). The molecule has 1 amide bonds. The van der Waals surface area contributed by atoms with Gasteiger partial charge in [-0.3, -0.25) is 19.4 Å². The number of hydrogen-bond acceptors (Lipinski definition) is 5. The van der Waals surface area contributed by atoms with Crippen LogP contribution in [-0.4, -0.2) is 76.8 Å². The maximum atomic E-state index is 13.8. The van der Waals surface area contributed by atoms with E-state index in [9.17, 15) is 36.6 Å². The van der Waals surface area contributed by atoms with Crippen LogP contribution in [0.25, 0.3) is 0 Å². The van der Waals surface area contributed by atoms with Crippen LogP contribution in [0.2, 0.25) is 0 Å². The summed E-state index contributed by atoms with van der Waals surface area (Å²) >= 11 is 0. The van der Waals surface area contributed by atoms with Crippen LogP contribution in [0.1, 0.15) is 43.2 Å². The van der Waals surface area contributed by atoms with Crippen molar-refractivity contribution in [3.63, 3.8) is 0 Å². The summed E-state index contributed by atoms with van der Waals surface area (Å²) in [5.74, 6) is -2.75. The number of aliphatic carboxylic acids is 1. The maximum absolute atomic E-state index is 13.8. The third-order valence-electron chi connectivity index (χ3n) is 8.45. The minimum Gasteiger partial charge on any atom is -0.480 e. The lowest BCUT2D eigenvalue weighted by Gasteiger charge is -2.48. The van der Waals surface area contributed by atoms with Gasteiger partial charge in [-0.15, -0.1) is 0 Å². The first kappa shape index (κ1) is 28.7. The minimum absolute atomic E-state index is 0.00364. The number of nitrogens with zero attached hydrogens (tertiary/aromatic N) is 2. The van der Waals surface area contributed by atoms with Crippen molar-refractivity contribution in [3.8, 4) is 0 Å². The summed E-state index contributed by atoms with van der Waals surface area (Å²) in [6, 6.07) is 1.13. The van der Waals surface area contributed by atoms with Crippen LogP contribution in [0.4, 0.5) is 22.0 Å². The van der Waals surface area contributed by atoms with Crippen LogP contribution in [-0.2, 0) is 27.0 Å². The fraction of sp³-hybridized carbons (Fsp3) is 0.571. The zero-order chi connectivity index (χ0) is 28.7. The molecule has 2 aliphatic heterocycles. The molecule has 40 heavy (non-hydrogen) atoms. The Hall–Kier alpha value is -2.83. The van der Waals surface area contributed by atoms with Crippen LogP contribution >= 0.6 is 0 Å². The minimum atomic E-state index is -4.70. The van der Waals surface area contributed by atoms with E-state index in [0.29, 0.717) is 38.4 Å². The van der Waals surface area contributed by atoms with Gasteiger partial charge in [0.15, 0.2) is 0 Å². The van der Waals surface area contributed by atoms with E-state index in [-0.39, 0.29) is 49.1 Å². The number of carbonyl (C=O) groups excluding carboxylic acids is 1. The third kappa shape index (κ3) is 6.08. The Kier molecular flexibility index (Phi) is 8.04. The Balaban J connectivity index is 1.20. The quantitative estimate of drug-likeness (QED) is 0.483. The van der Waals surface area contributed by atoms with Gasteiger partial charge in [-0.2, -0.15) is 13.2 Å². The lowest BCUT2D eigenvalue weighted by molar-refractivity contribution is -0.168. The van der Waals surface area contributed by atoms with Crippen LogP contribution in [0.15, 0.2) is 42.3 Å². The van der Waals surface area contributed by atoms with Crippen LogP contribution < -0.4 is 5.32 Å². The number of ether oxygens (including phenoxy) is 1. The van der Waals surface area contributed by atoms with Gasteiger partial charge in [-0.25, -0.2) is 8.78 Å². The van der Waals surface area contributed by atoms with Gasteiger partial charge in [0.1, 0.15) is 23.3 Å². The molecule has 218 valence electrons. The van der Waals surface area contributed by atoms with E-state index in [4.69, 9.17) is 4.74 Å². The van der Waals surface area contributed by atoms with E-state index in [1.807, 2.05) is 4.90 Å². The van der Waals surface area contributed by atoms with Gasteiger partial charge in [0.05, 0.1) is 12.2 Å². The van der Waals surface area contributed by atoms with Crippen molar-refractivity contribution in [3.05, 3.63) is 59.2 Å². The largest absolute Gasteiger partial charge is 0.480 e. The topological polar surface area (TPSA) is 82.1 Å². The first-order chi connectivity index (χ1) is 19.0. The van der Waals surface area contributed by atoms with Gasteiger partial charge < -0.3 is 15.2 Å². The van der Waals surface area contributed by atoms with Crippen molar-refractivity contribution in [2.45, 2.75) is 68.6 Å². The predicted molar refractivity (Wildman–Crippen MR) is 134 cm³/mol. The van der Waals surface area contributed by atoms with Crippen molar-refractivity contribution in [1.82, 2.24) is 15.1 Å². The van der Waals surface area contributed by atoms with E-state index in [1.54, 1.807) is 6.08 Å². The summed E-state index contributed by atoms with van der Waals surface area (Å²) in [5.41, 5.74) is -2.23. The van der Waals surface area contributed by atoms with Crippen LogP contribution in [0.5, 0.6) is 0 Å². The molecule has 0 aromatic heterocycles. The number of allylic oxidation sites excluding steroid dienone is 2. The van der Waals surface area contributed by atoms with E-state index in [2.05, 4.69) is 10.2 Å². The van der Waals surface area contributed by atoms with Crippen LogP contribution in [0.3, 0.4) is 0 Å². The molecule has 0 bridgehead atoms. The highest BCUT2D eigenvalue weighted by Gasteiger charge is 2.54. The van der Waals surface area contributed by atoms with Crippen molar-refractivity contribution in [2.24, 2.45) is 5.92 Å². The fourth-order valence-electron chi connectivity index (χ4n) is 6.15. The van der Waals surface area contributed by atoms with Crippen LogP contribution in [0, 0.1) is 11.7 Å². The summed E-state index contributed by atoms with van der Waals surface area (Å²) in [6.45, 7) is 1.30. The number of alkyl halides is 3. The molecule has 1 saturated carbocycles. The molecular weight excluding hydrogens is 537 g/mol. The second-order valence-corrected chi connectivity index (χ2v) is 11.0. The maximum Gasteiger partial charge on any atom is 0.416 e.